The van der Waals surface area contributed by atoms with Crippen LogP contribution in [0.5, 0.6) is 0 Å². The summed E-state index contributed by atoms with van der Waals surface area (Å²) in [7, 11) is 0. The van der Waals surface area contributed by atoms with Crippen molar-refractivity contribution in [1.82, 2.24) is 5.43 Å². The third kappa shape index (κ3) is 3.20. The Morgan fingerprint density at radius 3 is 2.44 bits per heavy atom. The molecule has 84 valence electrons. The number of nitrogens with zero attached hydrogens (tertiary/aromatic N) is 1. The van der Waals surface area contributed by atoms with Crippen LogP contribution in [0.25, 0.3) is 0 Å². The second-order valence-electron chi connectivity index (χ2n) is 3.08. The molecular formula is C11H13N3O2. The topological polar surface area (TPSA) is 84.6 Å². The van der Waals surface area contributed by atoms with E-state index < -0.39 is 11.8 Å². The van der Waals surface area contributed by atoms with E-state index in [0.717, 1.165) is 5.56 Å². The lowest BCUT2D eigenvalue weighted by Gasteiger charge is -2.03. The molecule has 0 atom stereocenters. The summed E-state index contributed by atoms with van der Waals surface area (Å²) in [6.45, 7) is 1.91. The third-order valence-corrected chi connectivity index (χ3v) is 1.96. The Labute approximate surface area is 93.3 Å². The summed E-state index contributed by atoms with van der Waals surface area (Å²) in [5.41, 5.74) is 8.48. The fraction of sp³-hybridized carbons (Fsp3) is 0.182. The first-order valence-electron chi connectivity index (χ1n) is 4.87. The second kappa shape index (κ2) is 5.65. The van der Waals surface area contributed by atoms with Crippen molar-refractivity contribution in [2.45, 2.75) is 13.3 Å². The molecule has 3 N–H and O–H groups in total. The maximum Gasteiger partial charge on any atom is 0.329 e. The van der Waals surface area contributed by atoms with Crippen molar-refractivity contribution in [2.24, 2.45) is 10.8 Å². The zero-order valence-electron chi connectivity index (χ0n) is 8.93. The first-order valence-corrected chi connectivity index (χ1v) is 4.87. The number of rotatable bonds is 3. The van der Waals surface area contributed by atoms with Crippen LogP contribution in [0.2, 0.25) is 0 Å². The predicted octanol–water partition coefficient (Wildman–Crippen LogP) is 0.402. The van der Waals surface area contributed by atoms with Gasteiger partial charge in [0.15, 0.2) is 0 Å². The van der Waals surface area contributed by atoms with Crippen molar-refractivity contribution in [3.63, 3.8) is 0 Å². The van der Waals surface area contributed by atoms with E-state index in [2.05, 4.69) is 10.5 Å². The molecule has 0 radical (unpaired) electrons. The summed E-state index contributed by atoms with van der Waals surface area (Å²) >= 11 is 0. The molecule has 0 saturated carbocycles. The molecule has 1 aromatic rings. The van der Waals surface area contributed by atoms with E-state index in [0.29, 0.717) is 12.1 Å². The molecule has 0 fully saturated rings. The average Bonchev–Trinajstić information content (AvgIpc) is 2.30. The number of hydrogen-bond acceptors (Lipinski definition) is 3. The molecule has 5 heteroatoms. The van der Waals surface area contributed by atoms with Crippen LogP contribution < -0.4 is 11.2 Å². The number of primary amides is 1. The van der Waals surface area contributed by atoms with E-state index in [4.69, 9.17) is 5.73 Å². The Morgan fingerprint density at radius 2 is 1.94 bits per heavy atom. The highest BCUT2D eigenvalue weighted by molar-refractivity contribution is 6.34. The molecule has 5 nitrogen and oxygen atoms in total. The van der Waals surface area contributed by atoms with Gasteiger partial charge >= 0.3 is 11.8 Å². The van der Waals surface area contributed by atoms with Gasteiger partial charge in [0, 0.05) is 0 Å². The van der Waals surface area contributed by atoms with Gasteiger partial charge in [-0.3, -0.25) is 9.59 Å². The number of nitrogens with two attached hydrogens (primary N) is 1. The van der Waals surface area contributed by atoms with Crippen LogP contribution in [0.15, 0.2) is 35.4 Å². The van der Waals surface area contributed by atoms with Crippen molar-refractivity contribution >= 4 is 17.5 Å². The van der Waals surface area contributed by atoms with E-state index in [1.807, 2.05) is 37.3 Å². The molecule has 16 heavy (non-hydrogen) atoms. The van der Waals surface area contributed by atoms with Gasteiger partial charge in [-0.2, -0.15) is 5.10 Å². The molecule has 0 spiro atoms. The van der Waals surface area contributed by atoms with Crippen molar-refractivity contribution in [1.29, 1.82) is 0 Å². The highest BCUT2D eigenvalue weighted by atomic mass is 16.2. The van der Waals surface area contributed by atoms with E-state index >= 15 is 0 Å². The van der Waals surface area contributed by atoms with Gasteiger partial charge in [0.2, 0.25) is 0 Å². The second-order valence-corrected chi connectivity index (χ2v) is 3.08. The number of benzene rings is 1. The van der Waals surface area contributed by atoms with Gasteiger partial charge in [0.1, 0.15) is 0 Å². The molecule has 0 aromatic heterocycles. The first-order chi connectivity index (χ1) is 7.65. The maximum atomic E-state index is 10.9. The molecule has 0 aliphatic carbocycles. The highest BCUT2D eigenvalue weighted by Gasteiger charge is 2.07. The van der Waals surface area contributed by atoms with Crippen molar-refractivity contribution < 1.29 is 9.59 Å². The quantitative estimate of drug-likeness (QED) is 0.438. The molecule has 0 aliphatic rings. The Balaban J connectivity index is 2.79. The lowest BCUT2D eigenvalue weighted by atomic mass is 10.1. The van der Waals surface area contributed by atoms with Crippen LogP contribution in [-0.4, -0.2) is 17.5 Å². The Morgan fingerprint density at radius 1 is 1.31 bits per heavy atom. The van der Waals surface area contributed by atoms with Gasteiger partial charge in [-0.15, -0.1) is 0 Å². The largest absolute Gasteiger partial charge is 0.361 e. The monoisotopic (exact) mass is 219 g/mol. The molecular weight excluding hydrogens is 206 g/mol. The summed E-state index contributed by atoms with van der Waals surface area (Å²) in [5.74, 6) is -1.96. The van der Waals surface area contributed by atoms with E-state index in [1.165, 1.54) is 0 Å². The van der Waals surface area contributed by atoms with Crippen LogP contribution in [0.4, 0.5) is 0 Å². The minimum atomic E-state index is -1.05. The van der Waals surface area contributed by atoms with Crippen LogP contribution >= 0.6 is 0 Å². The minimum absolute atomic E-state index is 0.642. The Bertz CT molecular complexity index is 412. The van der Waals surface area contributed by atoms with Gasteiger partial charge in [-0.25, -0.2) is 5.43 Å². The molecule has 1 aromatic carbocycles. The van der Waals surface area contributed by atoms with E-state index in [1.54, 1.807) is 0 Å². The number of hydrazone groups is 1. The van der Waals surface area contributed by atoms with Crippen molar-refractivity contribution in [2.75, 3.05) is 0 Å². The fourth-order valence-corrected chi connectivity index (χ4v) is 1.15. The molecule has 0 unspecified atom stereocenters. The normalized spacial score (nSPS) is 10.9. The lowest BCUT2D eigenvalue weighted by Crippen LogP contribution is -2.33. The zero-order chi connectivity index (χ0) is 12.0. The van der Waals surface area contributed by atoms with Crippen LogP contribution in [0.3, 0.4) is 0 Å². The first kappa shape index (κ1) is 11.9. The average molecular weight is 219 g/mol. The molecule has 0 saturated heterocycles. The van der Waals surface area contributed by atoms with Gasteiger partial charge < -0.3 is 5.73 Å². The summed E-state index contributed by atoms with van der Waals surface area (Å²) in [6, 6.07) is 9.38. The highest BCUT2D eigenvalue weighted by Crippen LogP contribution is 2.03. The number of carbonyl (C=O) groups is 2. The van der Waals surface area contributed by atoms with Gasteiger partial charge in [-0.1, -0.05) is 37.3 Å². The van der Waals surface area contributed by atoms with Gasteiger partial charge in [-0.05, 0) is 12.0 Å². The van der Waals surface area contributed by atoms with Crippen LogP contribution in [0.1, 0.15) is 18.9 Å². The molecule has 2 amide bonds. The molecule has 1 rings (SSSR count). The summed E-state index contributed by atoms with van der Waals surface area (Å²) < 4.78 is 0. The Kier molecular flexibility index (Phi) is 4.20. The molecule has 0 aliphatic heterocycles. The minimum Gasteiger partial charge on any atom is -0.361 e. The number of carbonyl (C=O) groups excluding carboxylic acids is 2. The summed E-state index contributed by atoms with van der Waals surface area (Å²) in [4.78, 5) is 21.4. The number of hydrogen-bond donors (Lipinski definition) is 2. The fourth-order valence-electron chi connectivity index (χ4n) is 1.15. The summed E-state index contributed by atoms with van der Waals surface area (Å²) in [6.07, 6.45) is 0.642. The summed E-state index contributed by atoms with van der Waals surface area (Å²) in [5, 5.41) is 3.85. The SMILES string of the molecule is CCC(=NNC(=O)C(N)=O)c1ccccc1. The number of nitrogens with one attached hydrogen (secondary N) is 1. The molecule has 0 bridgehead atoms. The zero-order valence-corrected chi connectivity index (χ0v) is 8.93. The lowest BCUT2D eigenvalue weighted by molar-refractivity contribution is -0.137. The van der Waals surface area contributed by atoms with Crippen molar-refractivity contribution in [3.05, 3.63) is 35.9 Å². The predicted molar refractivity (Wildman–Crippen MR) is 60.6 cm³/mol. The van der Waals surface area contributed by atoms with Gasteiger partial charge in [0.05, 0.1) is 5.71 Å². The van der Waals surface area contributed by atoms with E-state index in [9.17, 15) is 9.59 Å². The van der Waals surface area contributed by atoms with Crippen LogP contribution in [-0.2, 0) is 9.59 Å². The maximum absolute atomic E-state index is 10.9. The standard InChI is InChI=1S/C11H13N3O2/c1-2-9(8-6-4-3-5-7-8)13-14-11(16)10(12)15/h3-7H,2H2,1H3,(H2,12,15)(H,14,16). The van der Waals surface area contributed by atoms with Gasteiger partial charge in [0.25, 0.3) is 0 Å². The third-order valence-electron chi connectivity index (χ3n) is 1.96. The number of amides is 2. The van der Waals surface area contributed by atoms with Crippen LogP contribution in [0, 0.1) is 0 Å². The Hall–Kier alpha value is -2.17. The smallest absolute Gasteiger partial charge is 0.329 e. The van der Waals surface area contributed by atoms with E-state index in [-0.39, 0.29) is 0 Å². The van der Waals surface area contributed by atoms with Crippen molar-refractivity contribution in [3.8, 4) is 0 Å². The molecule has 0 heterocycles.